The maximum absolute atomic E-state index is 4.96. The van der Waals surface area contributed by atoms with Crippen LogP contribution in [0.4, 0.5) is 0 Å². The van der Waals surface area contributed by atoms with E-state index in [1.54, 1.807) is 0 Å². The zero-order valence-corrected chi connectivity index (χ0v) is 15.8. The van der Waals surface area contributed by atoms with Gasteiger partial charge in [0.2, 0.25) is 0 Å². The van der Waals surface area contributed by atoms with Crippen molar-refractivity contribution in [3.8, 4) is 11.3 Å². The van der Waals surface area contributed by atoms with E-state index in [2.05, 4.69) is 89.6 Å². The number of rotatable bonds is 4. The van der Waals surface area contributed by atoms with E-state index >= 15 is 0 Å². The maximum Gasteiger partial charge on any atom is 0.136 e. The van der Waals surface area contributed by atoms with E-state index in [-0.39, 0.29) is 0 Å². The van der Waals surface area contributed by atoms with E-state index < -0.39 is 0 Å². The molecule has 5 heteroatoms. The Morgan fingerprint density at radius 3 is 2.65 bits per heavy atom. The van der Waals surface area contributed by atoms with Crippen LogP contribution in [0.25, 0.3) is 17.3 Å². The molecule has 0 saturated heterocycles. The lowest BCUT2D eigenvalue weighted by molar-refractivity contribution is 0.348. The van der Waals surface area contributed by atoms with E-state index in [4.69, 9.17) is 4.98 Å². The summed E-state index contributed by atoms with van der Waals surface area (Å²) < 4.78 is 4.55. The fourth-order valence-electron chi connectivity index (χ4n) is 3.47. The lowest BCUT2D eigenvalue weighted by Gasteiger charge is -2.23. The molecule has 0 saturated carbocycles. The first-order valence-corrected chi connectivity index (χ1v) is 9.09. The van der Waals surface area contributed by atoms with Crippen LogP contribution in [-0.4, -0.2) is 31.0 Å². The number of hydrogen-bond acceptors (Lipinski definition) is 3. The molecule has 3 heterocycles. The molecule has 0 spiro atoms. The van der Waals surface area contributed by atoms with Gasteiger partial charge < -0.3 is 14.0 Å². The zero-order chi connectivity index (χ0) is 18.3. The molecular formula is C21H25N5. The van der Waals surface area contributed by atoms with Crippen molar-refractivity contribution in [2.45, 2.75) is 39.9 Å². The number of fused-ring (bicyclic) bond motifs is 1. The number of nitrogens with zero attached hydrogens (tertiary/aromatic N) is 5. The summed E-state index contributed by atoms with van der Waals surface area (Å²) in [5.74, 6) is 2.51. The first-order valence-electron chi connectivity index (χ1n) is 9.09. The quantitative estimate of drug-likeness (QED) is 0.713. The molecule has 26 heavy (non-hydrogen) atoms. The molecule has 0 atom stereocenters. The largest absolute Gasteiger partial charge is 0.362 e. The molecule has 2 aromatic heterocycles. The van der Waals surface area contributed by atoms with Gasteiger partial charge in [0, 0.05) is 37.1 Å². The van der Waals surface area contributed by atoms with Gasteiger partial charge >= 0.3 is 0 Å². The lowest BCUT2D eigenvalue weighted by atomic mass is 10.1. The standard InChI is InChI=1S/C21H25N5/c1-15(2)21-22-10-12-25(21)13-18-20(17-7-5-16(3)6-8-17)23-19-9-11-24(4)14-26(18)19/h5-12,15H,13-14H2,1-4H3. The fraction of sp³-hybridized carbons (Fsp3) is 0.333. The Morgan fingerprint density at radius 2 is 1.92 bits per heavy atom. The Morgan fingerprint density at radius 1 is 1.15 bits per heavy atom. The van der Waals surface area contributed by atoms with Crippen molar-refractivity contribution in [2.75, 3.05) is 7.05 Å². The van der Waals surface area contributed by atoms with Crippen LogP contribution in [0.2, 0.25) is 0 Å². The Bertz CT molecular complexity index is 943. The summed E-state index contributed by atoms with van der Waals surface area (Å²) in [7, 11) is 2.09. The van der Waals surface area contributed by atoms with E-state index in [1.807, 2.05) is 6.20 Å². The Kier molecular flexibility index (Phi) is 4.15. The van der Waals surface area contributed by atoms with Gasteiger partial charge in [-0.05, 0) is 13.0 Å². The van der Waals surface area contributed by atoms with Crippen molar-refractivity contribution >= 4 is 6.08 Å². The van der Waals surface area contributed by atoms with Gasteiger partial charge in [-0.3, -0.25) is 0 Å². The summed E-state index contributed by atoms with van der Waals surface area (Å²) in [6.45, 7) is 8.06. The topological polar surface area (TPSA) is 38.9 Å². The molecular weight excluding hydrogens is 322 g/mol. The average molecular weight is 347 g/mol. The summed E-state index contributed by atoms with van der Waals surface area (Å²) in [6, 6.07) is 8.63. The van der Waals surface area contributed by atoms with Crippen molar-refractivity contribution in [1.29, 1.82) is 0 Å². The minimum absolute atomic E-state index is 0.388. The number of imidazole rings is 2. The number of aromatic nitrogens is 4. The van der Waals surface area contributed by atoms with Gasteiger partial charge in [0.25, 0.3) is 0 Å². The minimum Gasteiger partial charge on any atom is -0.362 e. The van der Waals surface area contributed by atoms with E-state index in [0.717, 1.165) is 36.1 Å². The van der Waals surface area contributed by atoms with Crippen LogP contribution in [0.1, 0.15) is 42.7 Å². The molecule has 0 N–H and O–H groups in total. The highest BCUT2D eigenvalue weighted by molar-refractivity contribution is 5.65. The summed E-state index contributed by atoms with van der Waals surface area (Å²) in [6.07, 6.45) is 8.13. The van der Waals surface area contributed by atoms with Gasteiger partial charge in [-0.15, -0.1) is 0 Å². The van der Waals surface area contributed by atoms with Crippen molar-refractivity contribution in [2.24, 2.45) is 0 Å². The molecule has 0 bridgehead atoms. The normalized spacial score (nSPS) is 13.5. The molecule has 0 unspecified atom stereocenters. The predicted molar refractivity (Wildman–Crippen MR) is 105 cm³/mol. The monoisotopic (exact) mass is 347 g/mol. The van der Waals surface area contributed by atoms with Crippen LogP contribution in [0, 0.1) is 6.92 Å². The van der Waals surface area contributed by atoms with Crippen molar-refractivity contribution < 1.29 is 0 Å². The van der Waals surface area contributed by atoms with Gasteiger partial charge in [0.05, 0.1) is 24.6 Å². The third kappa shape index (κ3) is 2.94. The van der Waals surface area contributed by atoms with Gasteiger partial charge in [0.1, 0.15) is 11.6 Å². The Hall–Kier alpha value is -2.82. The number of hydrogen-bond donors (Lipinski definition) is 0. The highest BCUT2D eigenvalue weighted by Gasteiger charge is 2.21. The van der Waals surface area contributed by atoms with E-state index in [9.17, 15) is 0 Å². The summed E-state index contributed by atoms with van der Waals surface area (Å²) in [4.78, 5) is 11.7. The smallest absolute Gasteiger partial charge is 0.136 e. The highest BCUT2D eigenvalue weighted by Crippen LogP contribution is 2.28. The molecule has 1 aliphatic rings. The molecule has 1 aliphatic heterocycles. The lowest BCUT2D eigenvalue weighted by Crippen LogP contribution is -2.23. The molecule has 0 aliphatic carbocycles. The summed E-state index contributed by atoms with van der Waals surface area (Å²) in [5, 5.41) is 0. The molecule has 1 aromatic carbocycles. The van der Waals surface area contributed by atoms with E-state index in [1.165, 1.54) is 11.3 Å². The van der Waals surface area contributed by atoms with Crippen molar-refractivity contribution in [3.63, 3.8) is 0 Å². The van der Waals surface area contributed by atoms with E-state index in [0.29, 0.717) is 5.92 Å². The second kappa shape index (κ2) is 6.48. The van der Waals surface area contributed by atoms with Crippen LogP contribution >= 0.6 is 0 Å². The first-order chi connectivity index (χ1) is 12.5. The van der Waals surface area contributed by atoms with Gasteiger partial charge in [-0.25, -0.2) is 9.97 Å². The van der Waals surface area contributed by atoms with Crippen molar-refractivity contribution in [1.82, 2.24) is 24.0 Å². The molecule has 134 valence electrons. The summed E-state index contributed by atoms with van der Waals surface area (Å²) >= 11 is 0. The molecule has 0 amide bonds. The molecule has 4 rings (SSSR count). The SMILES string of the molecule is Cc1ccc(-c2nc3n(c2Cn2ccnc2C(C)C)CN(C)C=C3)cc1. The molecule has 5 nitrogen and oxygen atoms in total. The molecule has 0 radical (unpaired) electrons. The first kappa shape index (κ1) is 16.6. The van der Waals surface area contributed by atoms with Crippen LogP contribution < -0.4 is 0 Å². The average Bonchev–Trinajstić information content (AvgIpc) is 3.21. The van der Waals surface area contributed by atoms with Gasteiger partial charge in [-0.1, -0.05) is 43.7 Å². The third-order valence-corrected chi connectivity index (χ3v) is 4.85. The van der Waals surface area contributed by atoms with Crippen molar-refractivity contribution in [3.05, 3.63) is 65.8 Å². The predicted octanol–water partition coefficient (Wildman–Crippen LogP) is 4.10. The number of benzene rings is 1. The maximum atomic E-state index is 4.96. The molecule has 3 aromatic rings. The van der Waals surface area contributed by atoms with Crippen LogP contribution in [0.5, 0.6) is 0 Å². The van der Waals surface area contributed by atoms with Crippen LogP contribution in [0.3, 0.4) is 0 Å². The second-order valence-electron chi connectivity index (χ2n) is 7.34. The second-order valence-corrected chi connectivity index (χ2v) is 7.34. The van der Waals surface area contributed by atoms with Gasteiger partial charge in [0.15, 0.2) is 0 Å². The Balaban J connectivity index is 1.83. The highest BCUT2D eigenvalue weighted by atomic mass is 15.3. The number of aryl methyl sites for hydroxylation is 1. The summed E-state index contributed by atoms with van der Waals surface area (Å²) in [5.41, 5.74) is 4.70. The van der Waals surface area contributed by atoms with Crippen LogP contribution in [-0.2, 0) is 13.2 Å². The third-order valence-electron chi connectivity index (χ3n) is 4.85. The van der Waals surface area contributed by atoms with Crippen LogP contribution in [0.15, 0.2) is 42.9 Å². The minimum atomic E-state index is 0.388. The zero-order valence-electron chi connectivity index (χ0n) is 15.8. The fourth-order valence-corrected chi connectivity index (χ4v) is 3.47. The molecule has 0 fully saturated rings. The Labute approximate surface area is 154 Å². The van der Waals surface area contributed by atoms with Gasteiger partial charge in [-0.2, -0.15) is 0 Å².